The third-order valence-electron chi connectivity index (χ3n) is 4.12. The van der Waals surface area contributed by atoms with Crippen molar-refractivity contribution in [3.05, 3.63) is 35.9 Å². The van der Waals surface area contributed by atoms with E-state index in [1.807, 2.05) is 30.3 Å². The number of hydrogen-bond acceptors (Lipinski definition) is 4. The molecular formula is C17H27NO3. The Kier molecular flexibility index (Phi) is 6.18. The first-order chi connectivity index (χ1) is 10.1. The summed E-state index contributed by atoms with van der Waals surface area (Å²) in [7, 11) is 1.77. The number of aliphatic hydroxyl groups excluding tert-OH is 1. The maximum Gasteiger partial charge on any atom is 0.0900 e. The number of nitrogens with zero attached hydrogens (tertiary/aromatic N) is 1. The molecule has 4 heteroatoms. The van der Waals surface area contributed by atoms with Gasteiger partial charge in [0.15, 0.2) is 0 Å². The van der Waals surface area contributed by atoms with E-state index in [2.05, 4.69) is 11.8 Å². The van der Waals surface area contributed by atoms with Gasteiger partial charge in [0.25, 0.3) is 0 Å². The molecule has 1 aliphatic rings. The first-order valence-electron chi connectivity index (χ1n) is 7.68. The molecule has 1 aliphatic heterocycles. The van der Waals surface area contributed by atoms with E-state index < -0.39 is 6.10 Å². The minimum absolute atomic E-state index is 0.0805. The molecule has 2 atom stereocenters. The molecule has 0 aromatic heterocycles. The van der Waals surface area contributed by atoms with Gasteiger partial charge in [-0.2, -0.15) is 0 Å². The minimum Gasteiger partial charge on any atom is -0.389 e. The smallest absolute Gasteiger partial charge is 0.0900 e. The molecule has 0 saturated carbocycles. The highest BCUT2D eigenvalue weighted by Gasteiger charge is 2.31. The Labute approximate surface area is 127 Å². The SMILES string of the molecule is COC1(C)CCCN(CC(O)COCc2ccccc2)C1. The van der Waals surface area contributed by atoms with Gasteiger partial charge in [0.1, 0.15) is 0 Å². The maximum absolute atomic E-state index is 10.1. The van der Waals surface area contributed by atoms with Crippen LogP contribution in [0.5, 0.6) is 0 Å². The molecule has 1 aromatic carbocycles. The number of ether oxygens (including phenoxy) is 2. The standard InChI is InChI=1S/C17H27NO3/c1-17(20-2)9-6-10-18(14-17)11-16(19)13-21-12-15-7-4-3-5-8-15/h3-5,7-8,16,19H,6,9-14H2,1-2H3. The average molecular weight is 293 g/mol. The Morgan fingerprint density at radius 2 is 2.10 bits per heavy atom. The van der Waals surface area contributed by atoms with Crippen LogP contribution in [-0.4, -0.2) is 55.1 Å². The van der Waals surface area contributed by atoms with Gasteiger partial charge in [-0.15, -0.1) is 0 Å². The second-order valence-corrected chi connectivity index (χ2v) is 6.15. The monoisotopic (exact) mass is 293 g/mol. The second-order valence-electron chi connectivity index (χ2n) is 6.15. The maximum atomic E-state index is 10.1. The summed E-state index contributed by atoms with van der Waals surface area (Å²) in [5.74, 6) is 0. The molecule has 1 saturated heterocycles. The molecule has 0 bridgehead atoms. The number of rotatable bonds is 7. The normalized spacial score (nSPS) is 24.9. The van der Waals surface area contributed by atoms with Crippen LogP contribution in [0.4, 0.5) is 0 Å². The van der Waals surface area contributed by atoms with Crippen molar-refractivity contribution in [2.45, 2.75) is 38.1 Å². The van der Waals surface area contributed by atoms with E-state index in [4.69, 9.17) is 9.47 Å². The highest BCUT2D eigenvalue weighted by atomic mass is 16.5. The van der Waals surface area contributed by atoms with Crippen molar-refractivity contribution in [1.29, 1.82) is 0 Å². The Morgan fingerprint density at radius 1 is 1.33 bits per heavy atom. The van der Waals surface area contributed by atoms with Crippen molar-refractivity contribution < 1.29 is 14.6 Å². The van der Waals surface area contributed by atoms with Gasteiger partial charge in [0, 0.05) is 20.2 Å². The highest BCUT2D eigenvalue weighted by molar-refractivity contribution is 5.13. The Hall–Kier alpha value is -0.940. The molecule has 21 heavy (non-hydrogen) atoms. The molecule has 1 aromatic rings. The van der Waals surface area contributed by atoms with Crippen LogP contribution in [0.2, 0.25) is 0 Å². The van der Waals surface area contributed by atoms with Crippen LogP contribution in [0, 0.1) is 0 Å². The van der Waals surface area contributed by atoms with E-state index in [0.29, 0.717) is 19.8 Å². The molecule has 1 N–H and O–H groups in total. The van der Waals surface area contributed by atoms with Gasteiger partial charge < -0.3 is 14.6 Å². The summed E-state index contributed by atoms with van der Waals surface area (Å²) in [6.45, 7) is 5.60. The lowest BCUT2D eigenvalue weighted by molar-refractivity contribution is -0.0654. The summed E-state index contributed by atoms with van der Waals surface area (Å²) < 4.78 is 11.2. The van der Waals surface area contributed by atoms with Crippen LogP contribution in [-0.2, 0) is 16.1 Å². The fraction of sp³-hybridized carbons (Fsp3) is 0.647. The summed E-state index contributed by atoms with van der Waals surface area (Å²) in [6.07, 6.45) is 1.75. The van der Waals surface area contributed by atoms with Crippen molar-refractivity contribution in [1.82, 2.24) is 4.90 Å². The van der Waals surface area contributed by atoms with E-state index in [-0.39, 0.29) is 5.60 Å². The second kappa shape index (κ2) is 7.90. The lowest BCUT2D eigenvalue weighted by atomic mass is 9.94. The molecule has 0 spiro atoms. The zero-order chi connectivity index (χ0) is 15.1. The van der Waals surface area contributed by atoms with Crippen LogP contribution in [0.15, 0.2) is 30.3 Å². The van der Waals surface area contributed by atoms with Gasteiger partial charge >= 0.3 is 0 Å². The van der Waals surface area contributed by atoms with Crippen molar-refractivity contribution in [3.8, 4) is 0 Å². The van der Waals surface area contributed by atoms with Gasteiger partial charge in [0.2, 0.25) is 0 Å². The molecule has 4 nitrogen and oxygen atoms in total. The first-order valence-corrected chi connectivity index (χ1v) is 7.68. The van der Waals surface area contributed by atoms with E-state index >= 15 is 0 Å². The van der Waals surface area contributed by atoms with Crippen LogP contribution >= 0.6 is 0 Å². The van der Waals surface area contributed by atoms with E-state index in [1.165, 1.54) is 0 Å². The summed E-state index contributed by atoms with van der Waals surface area (Å²) in [5.41, 5.74) is 1.05. The lowest BCUT2D eigenvalue weighted by Gasteiger charge is -2.40. The zero-order valence-electron chi connectivity index (χ0n) is 13.1. The van der Waals surface area contributed by atoms with Gasteiger partial charge in [0.05, 0.1) is 24.9 Å². The van der Waals surface area contributed by atoms with E-state index in [0.717, 1.165) is 31.5 Å². The molecule has 2 rings (SSSR count). The summed E-state index contributed by atoms with van der Waals surface area (Å²) in [6, 6.07) is 10.0. The summed E-state index contributed by atoms with van der Waals surface area (Å²) in [5, 5.41) is 10.1. The van der Waals surface area contributed by atoms with Crippen molar-refractivity contribution in [2.24, 2.45) is 0 Å². The first kappa shape index (κ1) is 16.4. The number of aliphatic hydroxyl groups is 1. The molecule has 1 fully saturated rings. The topological polar surface area (TPSA) is 41.9 Å². The van der Waals surface area contributed by atoms with Gasteiger partial charge in [-0.1, -0.05) is 30.3 Å². The van der Waals surface area contributed by atoms with Crippen molar-refractivity contribution in [2.75, 3.05) is 33.4 Å². The third-order valence-corrected chi connectivity index (χ3v) is 4.12. The predicted molar refractivity (Wildman–Crippen MR) is 83.2 cm³/mol. The van der Waals surface area contributed by atoms with Gasteiger partial charge in [-0.3, -0.25) is 4.90 Å². The lowest BCUT2D eigenvalue weighted by Crippen LogP contribution is -2.49. The number of β-amino-alcohol motifs (C(OH)–C–C–N with tert-alkyl or cyclic N) is 1. The summed E-state index contributed by atoms with van der Waals surface area (Å²) >= 11 is 0. The fourth-order valence-electron chi connectivity index (χ4n) is 2.87. The third kappa shape index (κ3) is 5.40. The molecular weight excluding hydrogens is 266 g/mol. The van der Waals surface area contributed by atoms with Crippen LogP contribution in [0.3, 0.4) is 0 Å². The predicted octanol–water partition coefficient (Wildman–Crippen LogP) is 2.06. The number of piperidine rings is 1. The van der Waals surface area contributed by atoms with Gasteiger partial charge in [-0.25, -0.2) is 0 Å². The Morgan fingerprint density at radius 3 is 2.81 bits per heavy atom. The minimum atomic E-state index is -0.451. The number of likely N-dealkylation sites (tertiary alicyclic amines) is 1. The molecule has 1 heterocycles. The quantitative estimate of drug-likeness (QED) is 0.835. The van der Waals surface area contributed by atoms with Crippen LogP contribution in [0.25, 0.3) is 0 Å². The summed E-state index contributed by atoms with van der Waals surface area (Å²) in [4.78, 5) is 2.27. The fourth-order valence-corrected chi connectivity index (χ4v) is 2.87. The highest BCUT2D eigenvalue weighted by Crippen LogP contribution is 2.23. The largest absolute Gasteiger partial charge is 0.389 e. The van der Waals surface area contributed by atoms with E-state index in [9.17, 15) is 5.11 Å². The van der Waals surface area contributed by atoms with Crippen LogP contribution in [0.1, 0.15) is 25.3 Å². The number of benzene rings is 1. The number of methoxy groups -OCH3 is 1. The zero-order valence-corrected chi connectivity index (χ0v) is 13.1. The van der Waals surface area contributed by atoms with Crippen molar-refractivity contribution >= 4 is 0 Å². The molecule has 118 valence electrons. The van der Waals surface area contributed by atoms with Crippen molar-refractivity contribution in [3.63, 3.8) is 0 Å². The molecule has 0 amide bonds. The van der Waals surface area contributed by atoms with E-state index in [1.54, 1.807) is 7.11 Å². The molecule has 0 aliphatic carbocycles. The van der Waals surface area contributed by atoms with Gasteiger partial charge in [-0.05, 0) is 31.9 Å². The Bertz CT molecular complexity index is 412. The average Bonchev–Trinajstić information content (AvgIpc) is 2.48. The Balaban J connectivity index is 1.68. The number of hydrogen-bond donors (Lipinski definition) is 1. The molecule has 2 unspecified atom stereocenters. The molecule has 0 radical (unpaired) electrons. The van der Waals surface area contributed by atoms with Crippen LogP contribution < -0.4 is 0 Å².